The predicted molar refractivity (Wildman–Crippen MR) is 78.6 cm³/mol. The smallest absolute Gasteiger partial charge is 0.0412 e. The van der Waals surface area contributed by atoms with Gasteiger partial charge in [-0.05, 0) is 36.5 Å². The van der Waals surface area contributed by atoms with Crippen LogP contribution in [0.5, 0.6) is 0 Å². The lowest BCUT2D eigenvalue weighted by Crippen LogP contribution is -2.20. The van der Waals surface area contributed by atoms with Crippen molar-refractivity contribution in [3.05, 3.63) is 0 Å². The molecule has 0 aromatic heterocycles. The zero-order chi connectivity index (χ0) is 12.2. The Morgan fingerprint density at radius 3 is 0.722 bits per heavy atom. The van der Waals surface area contributed by atoms with Crippen molar-refractivity contribution < 1.29 is 0 Å². The largest absolute Gasteiger partial charge is 0.0528 e. The third kappa shape index (κ3) is 3.52. The van der Waals surface area contributed by atoms with Crippen molar-refractivity contribution in [3.63, 3.8) is 0 Å². The molecule has 0 aromatic carbocycles. The maximum Gasteiger partial charge on any atom is -0.0412 e. The molecule has 0 spiro atoms. The summed E-state index contributed by atoms with van der Waals surface area (Å²) in [5, 5.41) is 0. The molecule has 0 aromatic rings. The Balaban J connectivity index is 0.000000111. The molecule has 4 saturated carbocycles. The summed E-state index contributed by atoms with van der Waals surface area (Å²) in [6.45, 7) is 0. The normalized spacial score (nSPS) is 42.7. The first-order valence-corrected chi connectivity index (χ1v) is 8.90. The van der Waals surface area contributed by atoms with Crippen molar-refractivity contribution in [2.24, 2.45) is 23.7 Å². The highest BCUT2D eigenvalue weighted by Gasteiger charge is 2.26. The lowest BCUT2D eigenvalue weighted by Gasteiger charge is -2.33. The first-order chi connectivity index (χ1) is 8.90. The van der Waals surface area contributed by atoms with Gasteiger partial charge < -0.3 is 0 Å². The van der Waals surface area contributed by atoms with Gasteiger partial charge in [-0.2, -0.15) is 0 Å². The predicted octanol–water partition coefficient (Wildman–Crippen LogP) is 5.95. The molecule has 0 saturated heterocycles. The fourth-order valence-electron chi connectivity index (χ4n) is 5.24. The molecule has 4 bridgehead atoms. The van der Waals surface area contributed by atoms with Gasteiger partial charge in [0, 0.05) is 0 Å². The van der Waals surface area contributed by atoms with Crippen molar-refractivity contribution in [1.29, 1.82) is 0 Å². The Kier molecular flexibility index (Phi) is 4.65. The van der Waals surface area contributed by atoms with E-state index in [4.69, 9.17) is 0 Å². The third-order valence-electron chi connectivity index (χ3n) is 6.23. The van der Waals surface area contributed by atoms with E-state index in [9.17, 15) is 0 Å². The number of hydrogen-bond acceptors (Lipinski definition) is 0. The lowest BCUT2D eigenvalue weighted by atomic mass is 9.72. The van der Waals surface area contributed by atoms with E-state index in [0.717, 1.165) is 23.7 Å². The number of fused-ring (bicyclic) bond motifs is 4. The van der Waals surface area contributed by atoms with E-state index in [2.05, 4.69) is 0 Å². The molecule has 0 atom stereocenters. The number of hydrogen-bond donors (Lipinski definition) is 0. The summed E-state index contributed by atoms with van der Waals surface area (Å²) < 4.78 is 0. The van der Waals surface area contributed by atoms with Gasteiger partial charge in [-0.3, -0.25) is 0 Å². The molecular formula is C18H32. The highest BCUT2D eigenvalue weighted by atomic mass is 14.3. The highest BCUT2D eigenvalue weighted by Crippen LogP contribution is 2.40. The van der Waals surface area contributed by atoms with Crippen LogP contribution in [-0.4, -0.2) is 0 Å². The summed E-state index contributed by atoms with van der Waals surface area (Å²) in [7, 11) is 0. The van der Waals surface area contributed by atoms with Crippen LogP contribution >= 0.6 is 0 Å². The molecule has 0 radical (unpaired) electrons. The van der Waals surface area contributed by atoms with E-state index in [1.54, 1.807) is 64.2 Å². The molecule has 0 nitrogen and oxygen atoms in total. The van der Waals surface area contributed by atoms with E-state index in [-0.39, 0.29) is 0 Å². The minimum absolute atomic E-state index is 1.15. The van der Waals surface area contributed by atoms with Gasteiger partial charge in [0.05, 0.1) is 0 Å². The van der Waals surface area contributed by atoms with Crippen LogP contribution < -0.4 is 0 Å². The first kappa shape index (κ1) is 13.0. The molecule has 4 aliphatic rings. The van der Waals surface area contributed by atoms with Gasteiger partial charge in [0.15, 0.2) is 0 Å². The average Bonchev–Trinajstić information content (AvgIpc) is 2.40. The van der Waals surface area contributed by atoms with Gasteiger partial charge >= 0.3 is 0 Å². The second-order valence-electron chi connectivity index (χ2n) is 7.66. The van der Waals surface area contributed by atoms with E-state index in [1.807, 2.05) is 0 Å². The lowest BCUT2D eigenvalue weighted by molar-refractivity contribution is 0.190. The van der Waals surface area contributed by atoms with Crippen LogP contribution in [0.15, 0.2) is 0 Å². The summed E-state index contributed by atoms with van der Waals surface area (Å²) in [6, 6.07) is 0. The van der Waals surface area contributed by atoms with E-state index < -0.39 is 0 Å². The second-order valence-corrected chi connectivity index (χ2v) is 7.66. The molecule has 18 heavy (non-hydrogen) atoms. The molecule has 4 rings (SSSR count). The van der Waals surface area contributed by atoms with Crippen LogP contribution in [0, 0.1) is 23.7 Å². The quantitative estimate of drug-likeness (QED) is 0.496. The van der Waals surface area contributed by atoms with Crippen molar-refractivity contribution in [3.8, 4) is 0 Å². The Morgan fingerprint density at radius 2 is 0.556 bits per heavy atom. The van der Waals surface area contributed by atoms with Crippen molar-refractivity contribution in [2.45, 2.75) is 89.9 Å². The Labute approximate surface area is 114 Å². The molecule has 4 aliphatic carbocycles. The summed E-state index contributed by atoms with van der Waals surface area (Å²) in [6.07, 6.45) is 21.7. The van der Waals surface area contributed by atoms with Crippen LogP contribution in [0.2, 0.25) is 0 Å². The van der Waals surface area contributed by atoms with Crippen molar-refractivity contribution in [1.82, 2.24) is 0 Å². The average molecular weight is 248 g/mol. The summed E-state index contributed by atoms with van der Waals surface area (Å²) in [4.78, 5) is 0. The third-order valence-corrected chi connectivity index (χ3v) is 6.23. The standard InChI is InChI=1S/2C9H16/c2*1-3-8-5-2-6-9(4-1)7-8/h2*8-9H,1-7H2. The zero-order valence-electron chi connectivity index (χ0n) is 12.2. The molecule has 0 aliphatic heterocycles. The molecule has 0 heteroatoms. The Bertz CT molecular complexity index is 178. The van der Waals surface area contributed by atoms with Crippen molar-refractivity contribution in [2.75, 3.05) is 0 Å². The first-order valence-electron chi connectivity index (χ1n) is 8.90. The highest BCUT2D eigenvalue weighted by molar-refractivity contribution is 4.78. The summed E-state index contributed by atoms with van der Waals surface area (Å²) in [5.74, 6) is 4.60. The minimum Gasteiger partial charge on any atom is -0.0528 e. The van der Waals surface area contributed by atoms with Gasteiger partial charge in [0.2, 0.25) is 0 Å². The van der Waals surface area contributed by atoms with Gasteiger partial charge in [0.1, 0.15) is 0 Å². The van der Waals surface area contributed by atoms with E-state index >= 15 is 0 Å². The Morgan fingerprint density at radius 1 is 0.333 bits per heavy atom. The summed E-state index contributed by atoms with van der Waals surface area (Å²) in [5.41, 5.74) is 0. The van der Waals surface area contributed by atoms with Crippen LogP contribution in [0.1, 0.15) is 89.9 Å². The maximum absolute atomic E-state index is 1.58. The molecule has 0 amide bonds. The van der Waals surface area contributed by atoms with Crippen LogP contribution in [0.3, 0.4) is 0 Å². The van der Waals surface area contributed by atoms with Gasteiger partial charge in [-0.1, -0.05) is 77.0 Å². The molecule has 0 unspecified atom stereocenters. The monoisotopic (exact) mass is 248 g/mol. The van der Waals surface area contributed by atoms with Crippen LogP contribution in [-0.2, 0) is 0 Å². The summed E-state index contributed by atoms with van der Waals surface area (Å²) >= 11 is 0. The topological polar surface area (TPSA) is 0 Å². The zero-order valence-corrected chi connectivity index (χ0v) is 12.2. The van der Waals surface area contributed by atoms with Gasteiger partial charge in [-0.15, -0.1) is 0 Å². The molecule has 0 heterocycles. The SMILES string of the molecule is C1CC2CCCC(C1)C2.C1CC2CCCC(C1)C2. The second kappa shape index (κ2) is 6.44. The van der Waals surface area contributed by atoms with Crippen LogP contribution in [0.4, 0.5) is 0 Å². The molecular weight excluding hydrogens is 216 g/mol. The van der Waals surface area contributed by atoms with E-state index in [1.165, 1.54) is 25.7 Å². The molecule has 0 N–H and O–H groups in total. The molecule has 4 fully saturated rings. The fraction of sp³-hybridized carbons (Fsp3) is 1.00. The van der Waals surface area contributed by atoms with Gasteiger partial charge in [0.25, 0.3) is 0 Å². The van der Waals surface area contributed by atoms with E-state index in [0.29, 0.717) is 0 Å². The maximum atomic E-state index is 1.58. The fourth-order valence-corrected chi connectivity index (χ4v) is 5.24. The minimum atomic E-state index is 1.15. The van der Waals surface area contributed by atoms with Gasteiger partial charge in [-0.25, -0.2) is 0 Å². The molecule has 104 valence electrons. The Hall–Kier alpha value is 0. The van der Waals surface area contributed by atoms with Crippen molar-refractivity contribution >= 4 is 0 Å². The number of rotatable bonds is 0. The van der Waals surface area contributed by atoms with Crippen LogP contribution in [0.25, 0.3) is 0 Å².